The van der Waals surface area contributed by atoms with Crippen molar-refractivity contribution in [3.8, 4) is 0 Å². The van der Waals surface area contributed by atoms with Crippen LogP contribution in [0, 0.1) is 5.92 Å². The van der Waals surface area contributed by atoms with Crippen molar-refractivity contribution in [3.05, 3.63) is 0 Å². The van der Waals surface area contributed by atoms with Gasteiger partial charge in [-0.05, 0) is 13.3 Å². The third kappa shape index (κ3) is 5.28. The minimum Gasteiger partial charge on any atom is -0.465 e. The van der Waals surface area contributed by atoms with E-state index in [1.54, 1.807) is 6.92 Å². The number of ketones is 1. The van der Waals surface area contributed by atoms with Gasteiger partial charge in [0.1, 0.15) is 5.92 Å². The van der Waals surface area contributed by atoms with E-state index < -0.39 is 18.2 Å². The molecule has 1 unspecified atom stereocenters. The van der Waals surface area contributed by atoms with Gasteiger partial charge in [0, 0.05) is 14.2 Å². The van der Waals surface area contributed by atoms with Gasteiger partial charge in [-0.3, -0.25) is 9.59 Å². The van der Waals surface area contributed by atoms with E-state index in [1.807, 2.05) is 6.92 Å². The van der Waals surface area contributed by atoms with Gasteiger partial charge in [-0.2, -0.15) is 0 Å². The minimum atomic E-state index is -0.999. The van der Waals surface area contributed by atoms with Crippen LogP contribution in [0.15, 0.2) is 0 Å². The van der Waals surface area contributed by atoms with E-state index in [0.717, 1.165) is 12.8 Å². The van der Waals surface area contributed by atoms with Crippen LogP contribution in [0.1, 0.15) is 33.1 Å². The summed E-state index contributed by atoms with van der Waals surface area (Å²) < 4.78 is 14.6. The van der Waals surface area contributed by atoms with Gasteiger partial charge < -0.3 is 14.2 Å². The van der Waals surface area contributed by atoms with Crippen molar-refractivity contribution in [3.63, 3.8) is 0 Å². The van der Waals surface area contributed by atoms with Gasteiger partial charge in [-0.15, -0.1) is 0 Å². The zero-order valence-electron chi connectivity index (χ0n) is 11.0. The number of ether oxygens (including phenoxy) is 3. The molecule has 0 bridgehead atoms. The van der Waals surface area contributed by atoms with Gasteiger partial charge in [0.2, 0.25) is 12.1 Å². The average Bonchev–Trinajstić information content (AvgIpc) is 2.31. The topological polar surface area (TPSA) is 61.8 Å². The molecule has 0 aromatic rings. The number of rotatable bonds is 9. The van der Waals surface area contributed by atoms with Gasteiger partial charge in [-0.25, -0.2) is 0 Å². The molecule has 0 fully saturated rings. The molecule has 0 aromatic heterocycles. The van der Waals surface area contributed by atoms with Crippen molar-refractivity contribution in [1.29, 1.82) is 0 Å². The van der Waals surface area contributed by atoms with Gasteiger partial charge >= 0.3 is 5.97 Å². The van der Waals surface area contributed by atoms with E-state index in [9.17, 15) is 9.59 Å². The van der Waals surface area contributed by atoms with Gasteiger partial charge in [0.15, 0.2) is 0 Å². The SMILES string of the molecule is CCCCC(C(=O)OCC)C(=O)C(OC)OC. The smallest absolute Gasteiger partial charge is 0.316 e. The largest absolute Gasteiger partial charge is 0.465 e. The summed E-state index contributed by atoms with van der Waals surface area (Å²) in [6.07, 6.45) is 1.17. The number of Topliss-reactive ketones (excluding diaryl/α,β-unsaturated/α-hetero) is 1. The highest BCUT2D eigenvalue weighted by Crippen LogP contribution is 2.15. The first-order valence-corrected chi connectivity index (χ1v) is 5.88. The Balaban J connectivity index is 4.64. The molecule has 0 aliphatic carbocycles. The molecule has 0 aliphatic rings. The standard InChI is InChI=1S/C12H22O5/c1-5-7-8-9(11(14)17-6-2)10(13)12(15-3)16-4/h9,12H,5-8H2,1-4H3. The van der Waals surface area contributed by atoms with Gasteiger partial charge in [-0.1, -0.05) is 19.8 Å². The Labute approximate surface area is 102 Å². The molecule has 0 aliphatic heterocycles. The molecule has 0 rings (SSSR count). The highest BCUT2D eigenvalue weighted by atomic mass is 16.7. The Morgan fingerprint density at radius 3 is 2.12 bits per heavy atom. The zero-order valence-corrected chi connectivity index (χ0v) is 11.0. The molecule has 17 heavy (non-hydrogen) atoms. The molecule has 0 radical (unpaired) electrons. The van der Waals surface area contributed by atoms with Crippen molar-refractivity contribution in [2.45, 2.75) is 39.4 Å². The maximum absolute atomic E-state index is 12.0. The molecule has 5 nitrogen and oxygen atoms in total. The van der Waals surface area contributed by atoms with Crippen LogP contribution in [0.3, 0.4) is 0 Å². The van der Waals surface area contributed by atoms with Crippen LogP contribution in [0.2, 0.25) is 0 Å². The molecular formula is C12H22O5. The number of methoxy groups -OCH3 is 2. The third-order valence-electron chi connectivity index (χ3n) is 2.42. The summed E-state index contributed by atoms with van der Waals surface area (Å²) in [7, 11) is 2.74. The highest BCUT2D eigenvalue weighted by Gasteiger charge is 2.33. The fourth-order valence-electron chi connectivity index (χ4n) is 1.52. The summed E-state index contributed by atoms with van der Waals surface area (Å²) in [6.45, 7) is 3.97. The first-order chi connectivity index (χ1) is 8.12. The average molecular weight is 246 g/mol. The maximum Gasteiger partial charge on any atom is 0.316 e. The molecule has 1 atom stereocenters. The minimum absolute atomic E-state index is 0.263. The Kier molecular flexibility index (Phi) is 8.62. The number of hydrogen-bond acceptors (Lipinski definition) is 5. The molecule has 0 spiro atoms. The molecular weight excluding hydrogens is 224 g/mol. The molecule has 100 valence electrons. The van der Waals surface area contributed by atoms with Crippen LogP contribution in [0.4, 0.5) is 0 Å². The second-order valence-corrected chi connectivity index (χ2v) is 3.65. The number of unbranched alkanes of at least 4 members (excludes halogenated alkanes) is 1. The second-order valence-electron chi connectivity index (χ2n) is 3.65. The van der Waals surface area contributed by atoms with Crippen molar-refractivity contribution < 1.29 is 23.8 Å². The van der Waals surface area contributed by atoms with E-state index in [2.05, 4.69) is 0 Å². The van der Waals surface area contributed by atoms with Gasteiger partial charge in [0.25, 0.3) is 0 Å². The predicted octanol–water partition coefficient (Wildman–Crippen LogP) is 1.54. The van der Waals surface area contributed by atoms with E-state index in [4.69, 9.17) is 14.2 Å². The highest BCUT2D eigenvalue weighted by molar-refractivity contribution is 6.00. The maximum atomic E-state index is 12.0. The summed E-state index contributed by atoms with van der Waals surface area (Å²) >= 11 is 0. The first-order valence-electron chi connectivity index (χ1n) is 5.88. The molecule has 0 N–H and O–H groups in total. The lowest BCUT2D eigenvalue weighted by Gasteiger charge is -2.19. The molecule has 0 saturated carbocycles. The monoisotopic (exact) mass is 246 g/mol. The summed E-state index contributed by atoms with van der Waals surface area (Å²) in [4.78, 5) is 23.6. The van der Waals surface area contributed by atoms with E-state index >= 15 is 0 Å². The summed E-state index contributed by atoms with van der Waals surface area (Å²) in [5.74, 6) is -1.66. The number of carbonyl (C=O) groups is 2. The lowest BCUT2D eigenvalue weighted by Crippen LogP contribution is -2.36. The Bertz CT molecular complexity index is 235. The van der Waals surface area contributed by atoms with Crippen molar-refractivity contribution in [2.24, 2.45) is 5.92 Å². The molecule has 0 saturated heterocycles. The lowest BCUT2D eigenvalue weighted by atomic mass is 9.97. The zero-order chi connectivity index (χ0) is 13.3. The number of esters is 1. The summed E-state index contributed by atoms with van der Waals surface area (Å²) in [5.41, 5.74) is 0. The summed E-state index contributed by atoms with van der Waals surface area (Å²) in [6, 6.07) is 0. The Hall–Kier alpha value is -0.940. The van der Waals surface area contributed by atoms with Crippen LogP contribution in [0.5, 0.6) is 0 Å². The quantitative estimate of drug-likeness (QED) is 0.351. The first kappa shape index (κ1) is 16.1. The van der Waals surface area contributed by atoms with Crippen LogP contribution in [0.25, 0.3) is 0 Å². The Morgan fingerprint density at radius 1 is 1.12 bits per heavy atom. The lowest BCUT2D eigenvalue weighted by molar-refractivity contribution is -0.169. The van der Waals surface area contributed by atoms with Crippen LogP contribution in [-0.4, -0.2) is 38.9 Å². The van der Waals surface area contributed by atoms with E-state index in [-0.39, 0.29) is 12.4 Å². The van der Waals surface area contributed by atoms with Crippen molar-refractivity contribution >= 4 is 11.8 Å². The van der Waals surface area contributed by atoms with E-state index in [0.29, 0.717) is 6.42 Å². The predicted molar refractivity (Wildman–Crippen MR) is 62.5 cm³/mol. The number of carbonyl (C=O) groups excluding carboxylic acids is 2. The van der Waals surface area contributed by atoms with Crippen LogP contribution >= 0.6 is 0 Å². The molecule has 0 amide bonds. The van der Waals surface area contributed by atoms with Crippen LogP contribution in [-0.2, 0) is 23.8 Å². The number of hydrogen-bond donors (Lipinski definition) is 0. The molecule has 0 heterocycles. The third-order valence-corrected chi connectivity index (χ3v) is 2.42. The normalized spacial score (nSPS) is 12.5. The van der Waals surface area contributed by atoms with E-state index in [1.165, 1.54) is 14.2 Å². The molecule has 0 aromatic carbocycles. The fourth-order valence-corrected chi connectivity index (χ4v) is 1.52. The van der Waals surface area contributed by atoms with Crippen LogP contribution < -0.4 is 0 Å². The molecule has 5 heteroatoms. The van der Waals surface area contributed by atoms with Crippen molar-refractivity contribution in [1.82, 2.24) is 0 Å². The fraction of sp³-hybridized carbons (Fsp3) is 0.833. The van der Waals surface area contributed by atoms with Crippen molar-refractivity contribution in [2.75, 3.05) is 20.8 Å². The summed E-state index contributed by atoms with van der Waals surface area (Å²) in [5, 5.41) is 0. The van der Waals surface area contributed by atoms with Gasteiger partial charge in [0.05, 0.1) is 6.61 Å². The Morgan fingerprint density at radius 2 is 1.71 bits per heavy atom. The second kappa shape index (κ2) is 9.13.